The molecule has 2 rings (SSSR count). The molecule has 0 bridgehead atoms. The lowest BCUT2D eigenvalue weighted by atomic mass is 10.2. The first-order chi connectivity index (χ1) is 13.2. The van der Waals surface area contributed by atoms with E-state index in [9.17, 15) is 23.3 Å². The predicted octanol–water partition coefficient (Wildman–Crippen LogP) is 2.78. The summed E-state index contributed by atoms with van der Waals surface area (Å²) in [7, 11) is -2.89. The van der Waals surface area contributed by atoms with Crippen molar-refractivity contribution < 1.29 is 27.6 Å². The van der Waals surface area contributed by atoms with E-state index in [0.29, 0.717) is 0 Å². The van der Waals surface area contributed by atoms with E-state index < -0.39 is 38.1 Å². The third-order valence-electron chi connectivity index (χ3n) is 3.97. The summed E-state index contributed by atoms with van der Waals surface area (Å²) in [6.45, 7) is 3.42. The minimum atomic E-state index is -4.19. The van der Waals surface area contributed by atoms with Crippen LogP contribution in [0.3, 0.4) is 0 Å². The molecule has 0 amide bonds. The molecule has 1 atom stereocenters. The second-order valence-electron chi connectivity index (χ2n) is 5.87. The van der Waals surface area contributed by atoms with E-state index in [2.05, 4.69) is 4.98 Å². The van der Waals surface area contributed by atoms with Gasteiger partial charge in [0.15, 0.2) is 9.84 Å². The third-order valence-corrected chi connectivity index (χ3v) is 6.04. The molecule has 1 aromatic carbocycles. The van der Waals surface area contributed by atoms with Gasteiger partial charge in [-0.05, 0) is 26.0 Å². The fraction of sp³-hybridized carbons (Fsp3) is 0.333. The Morgan fingerprint density at radius 1 is 1.21 bits per heavy atom. The Hall–Kier alpha value is -3.01. The summed E-state index contributed by atoms with van der Waals surface area (Å²) in [5.74, 6) is -0.810. The van der Waals surface area contributed by atoms with E-state index in [1.807, 2.05) is 0 Å². The zero-order valence-corrected chi connectivity index (χ0v) is 16.4. The Bertz CT molecular complexity index is 972. The van der Waals surface area contributed by atoms with Crippen molar-refractivity contribution in [3.8, 4) is 5.88 Å². The number of aryl methyl sites for hydroxylation is 1. The van der Waals surface area contributed by atoms with Crippen molar-refractivity contribution in [2.24, 2.45) is 0 Å². The number of pyridine rings is 1. The molecule has 0 aliphatic heterocycles. The average Bonchev–Trinajstić information content (AvgIpc) is 2.66. The minimum absolute atomic E-state index is 0.00596. The lowest BCUT2D eigenvalue weighted by Gasteiger charge is -2.17. The van der Waals surface area contributed by atoms with Crippen molar-refractivity contribution >= 4 is 21.5 Å². The number of esters is 1. The molecule has 0 radical (unpaired) electrons. The van der Waals surface area contributed by atoms with Crippen LogP contribution in [0.25, 0.3) is 0 Å². The van der Waals surface area contributed by atoms with Crippen LogP contribution in [0.4, 0.5) is 5.69 Å². The average molecular weight is 408 g/mol. The van der Waals surface area contributed by atoms with Crippen LogP contribution < -0.4 is 4.74 Å². The largest absolute Gasteiger partial charge is 0.481 e. The number of hydrogen-bond donors (Lipinski definition) is 0. The zero-order valence-electron chi connectivity index (χ0n) is 15.6. The number of rotatable bonds is 8. The van der Waals surface area contributed by atoms with Crippen molar-refractivity contribution in [1.82, 2.24) is 4.98 Å². The van der Waals surface area contributed by atoms with Crippen LogP contribution in [0, 0.1) is 17.0 Å². The van der Waals surface area contributed by atoms with Gasteiger partial charge in [0.05, 0.1) is 30.0 Å². The monoisotopic (exact) mass is 408 g/mol. The number of aromatic nitrogens is 1. The second kappa shape index (κ2) is 8.79. The van der Waals surface area contributed by atoms with E-state index >= 15 is 0 Å². The summed E-state index contributed by atoms with van der Waals surface area (Å²) < 4.78 is 36.3. The predicted molar refractivity (Wildman–Crippen MR) is 99.8 cm³/mol. The summed E-state index contributed by atoms with van der Waals surface area (Å²) in [6.07, 6.45) is -0.620. The molecule has 10 heteroatoms. The van der Waals surface area contributed by atoms with Crippen LogP contribution in [0.2, 0.25) is 0 Å². The van der Waals surface area contributed by atoms with Crippen molar-refractivity contribution in [2.45, 2.75) is 30.4 Å². The third kappa shape index (κ3) is 4.63. The highest BCUT2D eigenvalue weighted by atomic mass is 32.2. The molecule has 9 nitrogen and oxygen atoms in total. The topological polar surface area (TPSA) is 126 Å². The fourth-order valence-corrected chi connectivity index (χ4v) is 4.24. The quantitative estimate of drug-likeness (QED) is 0.371. The zero-order chi connectivity index (χ0) is 20.9. The summed E-state index contributed by atoms with van der Waals surface area (Å²) in [4.78, 5) is 26.7. The second-order valence-corrected chi connectivity index (χ2v) is 8.00. The van der Waals surface area contributed by atoms with E-state index in [-0.39, 0.29) is 23.1 Å². The van der Waals surface area contributed by atoms with Gasteiger partial charge in [-0.15, -0.1) is 0 Å². The Morgan fingerprint density at radius 2 is 1.86 bits per heavy atom. The first kappa shape index (κ1) is 21.3. The SMILES string of the molecule is CCOC(=O)CC(c1nc(OC)ccc1[N+](=O)[O-])S(=O)(=O)c1ccc(C)cc1. The van der Waals surface area contributed by atoms with Crippen LogP contribution in [-0.2, 0) is 19.4 Å². The maximum absolute atomic E-state index is 13.2. The maximum atomic E-state index is 13.2. The number of hydrogen-bond acceptors (Lipinski definition) is 8. The fourth-order valence-electron chi connectivity index (χ4n) is 2.57. The molecular formula is C18H20N2O7S. The summed E-state index contributed by atoms with van der Waals surface area (Å²) in [5, 5.41) is 9.85. The number of nitrogens with zero attached hydrogens (tertiary/aromatic N) is 2. The molecular weight excluding hydrogens is 388 g/mol. The van der Waals surface area contributed by atoms with Crippen molar-refractivity contribution in [2.75, 3.05) is 13.7 Å². The molecule has 0 aliphatic rings. The maximum Gasteiger partial charge on any atom is 0.307 e. The molecule has 1 unspecified atom stereocenters. The van der Waals surface area contributed by atoms with Crippen LogP contribution in [0.5, 0.6) is 5.88 Å². The van der Waals surface area contributed by atoms with Gasteiger partial charge < -0.3 is 9.47 Å². The van der Waals surface area contributed by atoms with Gasteiger partial charge in [-0.2, -0.15) is 0 Å². The number of sulfone groups is 1. The van der Waals surface area contributed by atoms with Crippen LogP contribution in [-0.4, -0.2) is 38.0 Å². The first-order valence-electron chi connectivity index (χ1n) is 8.36. The smallest absolute Gasteiger partial charge is 0.307 e. The van der Waals surface area contributed by atoms with Gasteiger partial charge in [-0.1, -0.05) is 17.7 Å². The molecule has 1 heterocycles. The van der Waals surface area contributed by atoms with Gasteiger partial charge in [-0.3, -0.25) is 14.9 Å². The standard InChI is InChI=1S/C18H20N2O7S/c1-4-27-17(21)11-15(28(24,25)13-7-5-12(2)6-8-13)18-14(20(22)23)9-10-16(19-18)26-3/h5-10,15H,4,11H2,1-3H3. The molecule has 0 saturated heterocycles. The summed E-state index contributed by atoms with van der Waals surface area (Å²) in [5.41, 5.74) is -0.0601. The number of carbonyl (C=O) groups excluding carboxylic acids is 1. The number of nitro groups is 1. The van der Waals surface area contributed by atoms with Crippen LogP contribution in [0.1, 0.15) is 29.9 Å². The van der Waals surface area contributed by atoms with E-state index in [1.165, 1.54) is 25.3 Å². The van der Waals surface area contributed by atoms with Crippen molar-refractivity contribution in [1.29, 1.82) is 0 Å². The molecule has 0 saturated carbocycles. The number of carbonyl (C=O) groups is 1. The Labute approximate surface area is 162 Å². The van der Waals surface area contributed by atoms with Gasteiger partial charge in [0.25, 0.3) is 5.69 Å². The van der Waals surface area contributed by atoms with Gasteiger partial charge in [0.1, 0.15) is 10.9 Å². The van der Waals surface area contributed by atoms with E-state index in [1.54, 1.807) is 26.0 Å². The molecule has 2 aromatic rings. The van der Waals surface area contributed by atoms with Gasteiger partial charge in [0, 0.05) is 12.1 Å². The molecule has 150 valence electrons. The number of benzene rings is 1. The van der Waals surface area contributed by atoms with Crippen molar-refractivity contribution in [3.05, 3.63) is 57.8 Å². The normalized spacial score (nSPS) is 12.2. The van der Waals surface area contributed by atoms with Crippen LogP contribution >= 0.6 is 0 Å². The molecule has 0 fully saturated rings. The lowest BCUT2D eigenvalue weighted by molar-refractivity contribution is -0.386. The molecule has 0 spiro atoms. The van der Waals surface area contributed by atoms with Crippen molar-refractivity contribution in [3.63, 3.8) is 0 Å². The van der Waals surface area contributed by atoms with Gasteiger partial charge in [-0.25, -0.2) is 13.4 Å². The number of ether oxygens (including phenoxy) is 2. The first-order valence-corrected chi connectivity index (χ1v) is 9.90. The van der Waals surface area contributed by atoms with Gasteiger partial charge in [0.2, 0.25) is 5.88 Å². The Balaban J connectivity index is 2.68. The summed E-state index contributed by atoms with van der Waals surface area (Å²) >= 11 is 0. The molecule has 0 aliphatic carbocycles. The molecule has 28 heavy (non-hydrogen) atoms. The van der Waals surface area contributed by atoms with Crippen LogP contribution in [0.15, 0.2) is 41.3 Å². The summed E-state index contributed by atoms with van der Waals surface area (Å²) in [6, 6.07) is 8.32. The molecule has 1 aromatic heterocycles. The molecule has 0 N–H and O–H groups in total. The minimum Gasteiger partial charge on any atom is -0.481 e. The highest BCUT2D eigenvalue weighted by molar-refractivity contribution is 7.91. The Morgan fingerprint density at radius 3 is 2.39 bits per heavy atom. The number of methoxy groups -OCH3 is 1. The highest BCUT2D eigenvalue weighted by Gasteiger charge is 2.38. The lowest BCUT2D eigenvalue weighted by Crippen LogP contribution is -2.21. The van der Waals surface area contributed by atoms with Gasteiger partial charge >= 0.3 is 5.97 Å². The Kier molecular flexibility index (Phi) is 6.68. The van der Waals surface area contributed by atoms with E-state index in [4.69, 9.17) is 9.47 Å². The van der Waals surface area contributed by atoms with E-state index in [0.717, 1.165) is 11.6 Å². The highest BCUT2D eigenvalue weighted by Crippen LogP contribution is 2.37.